The molecule has 0 saturated carbocycles. The third kappa shape index (κ3) is 3.14. The molecule has 0 unspecified atom stereocenters. The molecule has 0 bridgehead atoms. The molecule has 1 aliphatic heterocycles. The van der Waals surface area contributed by atoms with Crippen LogP contribution in [-0.2, 0) is 6.67 Å². The molecule has 1 aromatic heterocycles. The van der Waals surface area contributed by atoms with E-state index in [9.17, 15) is 5.11 Å². The van der Waals surface area contributed by atoms with E-state index in [4.69, 9.17) is 12.2 Å². The van der Waals surface area contributed by atoms with Gasteiger partial charge in [0.25, 0.3) is 0 Å². The van der Waals surface area contributed by atoms with Crippen molar-refractivity contribution in [3.05, 3.63) is 40.4 Å². The Labute approximate surface area is 135 Å². The first-order valence-electron chi connectivity index (χ1n) is 7.68. The molecule has 1 aromatic carbocycles. The van der Waals surface area contributed by atoms with Crippen molar-refractivity contribution in [3.8, 4) is 5.69 Å². The van der Waals surface area contributed by atoms with Gasteiger partial charge in [-0.3, -0.25) is 9.47 Å². The van der Waals surface area contributed by atoms with Crippen molar-refractivity contribution in [2.24, 2.45) is 0 Å². The number of aryl methyl sites for hydroxylation is 2. The molecule has 3 rings (SSSR count). The molecular weight excluding hydrogens is 296 g/mol. The van der Waals surface area contributed by atoms with Gasteiger partial charge in [0.2, 0.25) is 4.77 Å². The van der Waals surface area contributed by atoms with E-state index in [0.29, 0.717) is 11.4 Å². The smallest absolute Gasteiger partial charge is 0.203 e. The first-order chi connectivity index (χ1) is 10.5. The highest BCUT2D eigenvalue weighted by Crippen LogP contribution is 2.15. The van der Waals surface area contributed by atoms with Crippen molar-refractivity contribution in [1.29, 1.82) is 0 Å². The number of nitrogens with zero attached hydrogens (tertiary/aromatic N) is 4. The molecule has 0 spiro atoms. The Morgan fingerprint density at radius 2 is 1.82 bits per heavy atom. The maximum Gasteiger partial charge on any atom is 0.203 e. The van der Waals surface area contributed by atoms with Gasteiger partial charge in [0.1, 0.15) is 5.82 Å². The van der Waals surface area contributed by atoms with Gasteiger partial charge in [0.15, 0.2) is 0 Å². The fraction of sp³-hybridized carbons (Fsp3) is 0.500. The summed E-state index contributed by atoms with van der Waals surface area (Å²) in [5.41, 5.74) is 2.28. The standard InChI is InChI=1S/C16H22N4OS/c1-12-3-5-14(6-4-12)20-13(2)17-19(16(20)22)11-18-9-7-15(21)8-10-18/h3-6,15,21H,7-11H2,1-2H3. The van der Waals surface area contributed by atoms with Crippen LogP contribution in [0.2, 0.25) is 0 Å². The third-order valence-electron chi connectivity index (χ3n) is 4.18. The summed E-state index contributed by atoms with van der Waals surface area (Å²) < 4.78 is 4.60. The number of aliphatic hydroxyl groups excluding tert-OH is 1. The number of rotatable bonds is 3. The van der Waals surface area contributed by atoms with Crippen molar-refractivity contribution in [3.63, 3.8) is 0 Å². The summed E-state index contributed by atoms with van der Waals surface area (Å²) in [5.74, 6) is 0.894. The van der Waals surface area contributed by atoms with Crippen molar-refractivity contribution in [2.75, 3.05) is 13.1 Å². The predicted octanol–water partition coefficient (Wildman–Crippen LogP) is 2.43. The van der Waals surface area contributed by atoms with Crippen LogP contribution in [0.3, 0.4) is 0 Å². The van der Waals surface area contributed by atoms with Gasteiger partial charge >= 0.3 is 0 Å². The fourth-order valence-corrected chi connectivity index (χ4v) is 3.19. The van der Waals surface area contributed by atoms with E-state index in [2.05, 4.69) is 41.2 Å². The van der Waals surface area contributed by atoms with Gasteiger partial charge in [0.05, 0.1) is 12.8 Å². The molecule has 22 heavy (non-hydrogen) atoms. The summed E-state index contributed by atoms with van der Waals surface area (Å²) >= 11 is 5.61. The quantitative estimate of drug-likeness (QED) is 0.883. The van der Waals surface area contributed by atoms with Gasteiger partial charge in [-0.15, -0.1) is 0 Å². The van der Waals surface area contributed by atoms with E-state index < -0.39 is 0 Å². The molecule has 6 heteroatoms. The summed E-state index contributed by atoms with van der Waals surface area (Å²) in [5, 5.41) is 14.2. The maximum absolute atomic E-state index is 9.59. The average Bonchev–Trinajstić information content (AvgIpc) is 2.77. The van der Waals surface area contributed by atoms with Crippen molar-refractivity contribution in [1.82, 2.24) is 19.2 Å². The van der Waals surface area contributed by atoms with Crippen molar-refractivity contribution >= 4 is 12.2 Å². The number of aromatic nitrogens is 3. The second-order valence-corrected chi connectivity index (χ2v) is 6.36. The van der Waals surface area contributed by atoms with Crippen LogP contribution in [0, 0.1) is 18.6 Å². The minimum absolute atomic E-state index is 0.156. The highest BCUT2D eigenvalue weighted by molar-refractivity contribution is 7.71. The Morgan fingerprint density at radius 3 is 2.45 bits per heavy atom. The largest absolute Gasteiger partial charge is 0.393 e. The topological polar surface area (TPSA) is 46.2 Å². The molecule has 118 valence electrons. The molecule has 1 saturated heterocycles. The summed E-state index contributed by atoms with van der Waals surface area (Å²) in [6.45, 7) is 6.51. The highest BCUT2D eigenvalue weighted by atomic mass is 32.1. The molecule has 2 heterocycles. The van der Waals surface area contributed by atoms with E-state index in [0.717, 1.165) is 37.4 Å². The van der Waals surface area contributed by atoms with Gasteiger partial charge in [-0.25, -0.2) is 4.68 Å². The molecule has 0 aliphatic carbocycles. The molecular formula is C16H22N4OS. The van der Waals surface area contributed by atoms with E-state index in [1.54, 1.807) is 0 Å². The third-order valence-corrected chi connectivity index (χ3v) is 4.58. The zero-order valence-corrected chi connectivity index (χ0v) is 13.9. The summed E-state index contributed by atoms with van der Waals surface area (Å²) in [6, 6.07) is 8.31. The molecule has 0 radical (unpaired) electrons. The Bertz CT molecular complexity index is 696. The number of likely N-dealkylation sites (tertiary alicyclic amines) is 1. The number of hydrogen-bond donors (Lipinski definition) is 1. The summed E-state index contributed by atoms with van der Waals surface area (Å²) in [7, 11) is 0. The Hall–Kier alpha value is -1.50. The lowest BCUT2D eigenvalue weighted by Crippen LogP contribution is -2.37. The lowest BCUT2D eigenvalue weighted by atomic mass is 10.1. The van der Waals surface area contributed by atoms with Gasteiger partial charge in [-0.2, -0.15) is 5.10 Å². The zero-order valence-electron chi connectivity index (χ0n) is 13.1. The first kappa shape index (κ1) is 15.4. The number of piperidine rings is 1. The number of hydrogen-bond acceptors (Lipinski definition) is 4. The average molecular weight is 318 g/mol. The normalized spacial score (nSPS) is 17.0. The van der Waals surface area contributed by atoms with Crippen LogP contribution >= 0.6 is 12.2 Å². The SMILES string of the molecule is Cc1ccc(-n2c(C)nn(CN3CCC(O)CC3)c2=S)cc1. The minimum atomic E-state index is -0.156. The molecule has 1 aliphatic rings. The van der Waals surface area contributed by atoms with Crippen LogP contribution < -0.4 is 0 Å². The molecule has 5 nitrogen and oxygen atoms in total. The summed E-state index contributed by atoms with van der Waals surface area (Å²) in [4.78, 5) is 2.29. The molecule has 0 atom stereocenters. The second kappa shape index (κ2) is 6.32. The summed E-state index contributed by atoms with van der Waals surface area (Å²) in [6.07, 6.45) is 1.49. The molecule has 2 aromatic rings. The Balaban J connectivity index is 1.84. The van der Waals surface area contributed by atoms with Crippen LogP contribution in [0.5, 0.6) is 0 Å². The zero-order chi connectivity index (χ0) is 15.7. The van der Waals surface area contributed by atoms with Gasteiger partial charge in [-0.05, 0) is 51.0 Å². The van der Waals surface area contributed by atoms with E-state index >= 15 is 0 Å². The Kier molecular flexibility index (Phi) is 4.42. The van der Waals surface area contributed by atoms with Gasteiger partial charge in [-0.1, -0.05) is 17.7 Å². The van der Waals surface area contributed by atoms with E-state index in [1.165, 1.54) is 5.56 Å². The van der Waals surface area contributed by atoms with Crippen LogP contribution in [0.25, 0.3) is 5.69 Å². The van der Waals surface area contributed by atoms with Crippen molar-refractivity contribution < 1.29 is 5.11 Å². The number of aliphatic hydroxyl groups is 1. The van der Waals surface area contributed by atoms with Crippen molar-refractivity contribution in [2.45, 2.75) is 39.5 Å². The monoisotopic (exact) mass is 318 g/mol. The van der Waals surface area contributed by atoms with E-state index in [-0.39, 0.29) is 6.10 Å². The maximum atomic E-state index is 9.59. The lowest BCUT2D eigenvalue weighted by molar-refractivity contribution is 0.0650. The second-order valence-electron chi connectivity index (χ2n) is 5.99. The van der Waals surface area contributed by atoms with Gasteiger partial charge in [0, 0.05) is 18.8 Å². The Morgan fingerprint density at radius 1 is 1.18 bits per heavy atom. The molecule has 1 N–H and O–H groups in total. The van der Waals surface area contributed by atoms with E-state index in [1.807, 2.05) is 16.2 Å². The minimum Gasteiger partial charge on any atom is -0.393 e. The molecule has 1 fully saturated rings. The highest BCUT2D eigenvalue weighted by Gasteiger charge is 2.18. The van der Waals surface area contributed by atoms with Crippen LogP contribution in [0.1, 0.15) is 24.2 Å². The molecule has 0 amide bonds. The first-order valence-corrected chi connectivity index (χ1v) is 8.09. The van der Waals surface area contributed by atoms with Crippen LogP contribution in [0.15, 0.2) is 24.3 Å². The van der Waals surface area contributed by atoms with Gasteiger partial charge < -0.3 is 5.11 Å². The van der Waals surface area contributed by atoms with Crippen LogP contribution in [-0.4, -0.2) is 43.5 Å². The number of benzene rings is 1. The van der Waals surface area contributed by atoms with Crippen LogP contribution in [0.4, 0.5) is 0 Å². The predicted molar refractivity (Wildman–Crippen MR) is 88.7 cm³/mol. The lowest BCUT2D eigenvalue weighted by Gasteiger charge is -2.28. The fourth-order valence-electron chi connectivity index (χ4n) is 2.85.